The topological polar surface area (TPSA) is 205 Å². The van der Waals surface area contributed by atoms with Crippen molar-refractivity contribution in [1.82, 2.24) is 0 Å². The van der Waals surface area contributed by atoms with Gasteiger partial charge in [0.1, 0.15) is 24.4 Å². The first kappa shape index (κ1) is 23.6. The second kappa shape index (κ2) is 12.5. The van der Waals surface area contributed by atoms with Crippen molar-refractivity contribution < 1.29 is 50.5 Å². The summed E-state index contributed by atoms with van der Waals surface area (Å²) in [5.41, 5.74) is 0. The molecule has 0 rings (SSSR count). The maximum atomic E-state index is 9.98. The van der Waals surface area contributed by atoms with Gasteiger partial charge in [-0.15, -0.1) is 0 Å². The Kier molecular flexibility index (Phi) is 16.4. The molecule has 0 fully saturated rings. The van der Waals surface area contributed by atoms with Gasteiger partial charge in [-0.3, -0.25) is 0 Å². The molecule has 0 saturated carbocycles. The largest absolute Gasteiger partial charge is 2.00 e. The molecule has 0 bridgehead atoms. The molecule has 0 aromatic heterocycles. The second-order valence-corrected chi connectivity index (χ2v) is 2.82. The van der Waals surface area contributed by atoms with E-state index in [-0.39, 0.29) is 37.7 Å². The van der Waals surface area contributed by atoms with Gasteiger partial charge in [0.05, 0.1) is 12.6 Å². The van der Waals surface area contributed by atoms with E-state index in [1.54, 1.807) is 0 Å². The minimum Gasteiger partial charge on any atom is -0.832 e. The summed E-state index contributed by atoms with van der Waals surface area (Å²) >= 11 is 0. The molecular formula is C6H13BCaO10. The number of carbonyl (C=O) groups is 1. The number of aliphatic hydroxyl groups is 5. The SMILES string of the molecule is O=C([O-])[C@H](O)[C@@H](O)[C@H](O)[C@H](O)CO.[Ca+2].[O-]B(O)O. The van der Waals surface area contributed by atoms with E-state index in [9.17, 15) is 9.90 Å². The van der Waals surface area contributed by atoms with Crippen LogP contribution < -0.4 is 10.1 Å². The number of carboxylic acid groups (broad SMARTS) is 1. The molecule has 7 N–H and O–H groups in total. The Bertz CT molecular complexity index is 214. The molecule has 0 aromatic carbocycles. The zero-order chi connectivity index (χ0) is 14.2. The predicted octanol–water partition coefficient (Wildman–Crippen LogP) is -7.89. The third-order valence-corrected chi connectivity index (χ3v) is 1.50. The normalized spacial score (nSPS) is 16.2. The third-order valence-electron chi connectivity index (χ3n) is 1.50. The monoisotopic (exact) mass is 296 g/mol. The molecule has 12 heteroatoms. The Balaban J connectivity index is -0.000000392. The Morgan fingerprint density at radius 2 is 1.44 bits per heavy atom. The van der Waals surface area contributed by atoms with Gasteiger partial charge in [0.25, 0.3) is 0 Å². The van der Waals surface area contributed by atoms with Crippen molar-refractivity contribution in [3.8, 4) is 0 Å². The zero-order valence-electron chi connectivity index (χ0n) is 9.16. The van der Waals surface area contributed by atoms with E-state index in [1.165, 1.54) is 0 Å². The van der Waals surface area contributed by atoms with Crippen LogP contribution in [0.5, 0.6) is 0 Å². The first-order chi connectivity index (χ1) is 7.64. The number of hydrogen-bond donors (Lipinski definition) is 7. The number of rotatable bonds is 5. The Hall–Kier alpha value is 0.475. The summed E-state index contributed by atoms with van der Waals surface area (Å²) in [5, 5.41) is 76.2. The van der Waals surface area contributed by atoms with Gasteiger partial charge in [-0.2, -0.15) is 0 Å². The van der Waals surface area contributed by atoms with Crippen molar-refractivity contribution in [2.24, 2.45) is 0 Å². The molecule has 0 spiro atoms. The van der Waals surface area contributed by atoms with Gasteiger partial charge in [0.2, 0.25) is 0 Å². The molecule has 0 aliphatic heterocycles. The fourth-order valence-electron chi connectivity index (χ4n) is 0.662. The summed E-state index contributed by atoms with van der Waals surface area (Å²) in [6.45, 7) is -0.863. The number of aliphatic hydroxyl groups excluding tert-OH is 5. The van der Waals surface area contributed by atoms with Gasteiger partial charge in [-0.1, -0.05) is 0 Å². The van der Waals surface area contributed by atoms with Crippen LogP contribution in [0, 0.1) is 0 Å². The predicted molar refractivity (Wildman–Crippen MR) is 52.1 cm³/mol. The molecule has 0 aliphatic rings. The molecule has 0 unspecified atom stereocenters. The molecule has 18 heavy (non-hydrogen) atoms. The van der Waals surface area contributed by atoms with Gasteiger partial charge in [0.15, 0.2) is 0 Å². The van der Waals surface area contributed by atoms with Crippen molar-refractivity contribution in [1.29, 1.82) is 0 Å². The van der Waals surface area contributed by atoms with Crippen LogP contribution in [0.2, 0.25) is 0 Å². The second-order valence-electron chi connectivity index (χ2n) is 2.82. The average Bonchev–Trinajstić information content (AvgIpc) is 2.23. The van der Waals surface area contributed by atoms with Gasteiger partial charge in [-0.25, -0.2) is 0 Å². The first-order valence-corrected chi connectivity index (χ1v) is 4.21. The molecule has 4 atom stereocenters. The van der Waals surface area contributed by atoms with Crippen molar-refractivity contribution in [3.63, 3.8) is 0 Å². The first-order valence-electron chi connectivity index (χ1n) is 4.21. The molecule has 10 nitrogen and oxygen atoms in total. The van der Waals surface area contributed by atoms with Crippen LogP contribution in [0.25, 0.3) is 0 Å². The van der Waals surface area contributed by atoms with Crippen molar-refractivity contribution in [3.05, 3.63) is 0 Å². The van der Waals surface area contributed by atoms with Gasteiger partial charge in [0, 0.05) is 0 Å². The summed E-state index contributed by atoms with van der Waals surface area (Å²) in [7, 11) is -2.42. The Morgan fingerprint density at radius 3 is 1.67 bits per heavy atom. The third kappa shape index (κ3) is 11.6. The van der Waals surface area contributed by atoms with E-state index in [0.717, 1.165) is 0 Å². The smallest absolute Gasteiger partial charge is 0.832 e. The van der Waals surface area contributed by atoms with Crippen LogP contribution in [0.15, 0.2) is 0 Å². The van der Waals surface area contributed by atoms with E-state index in [4.69, 9.17) is 40.6 Å². The van der Waals surface area contributed by atoms with Crippen molar-refractivity contribution in [2.45, 2.75) is 24.4 Å². The summed E-state index contributed by atoms with van der Waals surface area (Å²) in [6.07, 6.45) is -8.08. The fraction of sp³-hybridized carbons (Fsp3) is 0.833. The quantitative estimate of drug-likeness (QED) is 0.238. The van der Waals surface area contributed by atoms with Gasteiger partial charge in [-0.05, 0) is 0 Å². The maximum Gasteiger partial charge on any atom is 2.00 e. The standard InChI is InChI=1S/C6H12O7.BH2O3.Ca/c7-1-2(8)3(9)4(10)5(11)6(12)13;2-1(3)4;/h2-5,7-11H,1H2,(H,12,13);2-3H;/q;-1;+2/p-1/t2-,3-,4+,5-;;/m1../s1. The Morgan fingerprint density at radius 1 is 1.11 bits per heavy atom. The van der Waals surface area contributed by atoms with E-state index in [1.807, 2.05) is 0 Å². The summed E-state index contributed by atoms with van der Waals surface area (Å²) in [5.74, 6) is -1.98. The van der Waals surface area contributed by atoms with Gasteiger partial charge < -0.3 is 50.5 Å². The van der Waals surface area contributed by atoms with Crippen LogP contribution >= 0.6 is 0 Å². The minimum absolute atomic E-state index is 0. The summed E-state index contributed by atoms with van der Waals surface area (Å²) in [4.78, 5) is 9.98. The average molecular weight is 296 g/mol. The molecule has 0 saturated heterocycles. The molecule has 0 amide bonds. The van der Waals surface area contributed by atoms with Crippen LogP contribution in [-0.2, 0) is 4.79 Å². The number of carbonyl (C=O) groups excluding carboxylic acids is 1. The summed E-state index contributed by atoms with van der Waals surface area (Å²) in [6, 6.07) is 0. The van der Waals surface area contributed by atoms with E-state index >= 15 is 0 Å². The molecule has 0 aliphatic carbocycles. The van der Waals surface area contributed by atoms with Crippen molar-refractivity contribution >= 4 is 51.0 Å². The zero-order valence-corrected chi connectivity index (χ0v) is 11.4. The van der Waals surface area contributed by atoms with Crippen LogP contribution in [-0.4, -0.2) is 118 Å². The maximum absolute atomic E-state index is 9.98. The van der Waals surface area contributed by atoms with Crippen LogP contribution in [0.4, 0.5) is 0 Å². The molecule has 0 aromatic rings. The van der Waals surface area contributed by atoms with E-state index < -0.39 is 44.3 Å². The number of aliphatic carboxylic acids is 1. The molecule has 102 valence electrons. The molecule has 0 heterocycles. The van der Waals surface area contributed by atoms with E-state index in [0.29, 0.717) is 0 Å². The van der Waals surface area contributed by atoms with E-state index in [2.05, 4.69) is 0 Å². The number of carboxylic acids is 1. The Labute approximate surface area is 132 Å². The van der Waals surface area contributed by atoms with Crippen molar-refractivity contribution in [2.75, 3.05) is 6.61 Å². The van der Waals surface area contributed by atoms with Gasteiger partial charge >= 0.3 is 45.1 Å². The van der Waals surface area contributed by atoms with Crippen LogP contribution in [0.3, 0.4) is 0 Å². The minimum atomic E-state index is -2.42. The fourth-order valence-corrected chi connectivity index (χ4v) is 0.662. The molecular weight excluding hydrogens is 283 g/mol. The summed E-state index contributed by atoms with van der Waals surface area (Å²) < 4.78 is 0. The molecule has 0 radical (unpaired) electrons. The number of hydrogen-bond acceptors (Lipinski definition) is 10. The van der Waals surface area contributed by atoms with Crippen LogP contribution in [0.1, 0.15) is 0 Å².